The molecule has 4 heteroatoms. The van der Waals surface area contributed by atoms with Crippen molar-refractivity contribution in [1.29, 1.82) is 0 Å². The highest BCUT2D eigenvalue weighted by atomic mass is 16.3. The van der Waals surface area contributed by atoms with E-state index in [0.29, 0.717) is 0 Å². The van der Waals surface area contributed by atoms with E-state index in [9.17, 15) is 0 Å². The van der Waals surface area contributed by atoms with E-state index in [2.05, 4.69) is 340 Å². The first-order valence-corrected chi connectivity index (χ1v) is 33.4. The van der Waals surface area contributed by atoms with E-state index in [0.717, 1.165) is 77.5 Å². The molecular weight excluding hydrogens is 1190 g/mol. The second-order valence-corrected chi connectivity index (χ2v) is 25.3. The molecule has 456 valence electrons. The van der Waals surface area contributed by atoms with Gasteiger partial charge in [0.25, 0.3) is 0 Å². The molecule has 0 amide bonds. The number of furan rings is 2. The van der Waals surface area contributed by atoms with Crippen molar-refractivity contribution in [1.82, 2.24) is 9.97 Å². The van der Waals surface area contributed by atoms with E-state index < -0.39 is 0 Å². The van der Waals surface area contributed by atoms with E-state index >= 15 is 0 Å². The molecule has 0 fully saturated rings. The van der Waals surface area contributed by atoms with Crippen LogP contribution in [0.5, 0.6) is 0 Å². The summed E-state index contributed by atoms with van der Waals surface area (Å²) in [6.45, 7) is 0. The van der Waals surface area contributed by atoms with Crippen LogP contribution in [-0.4, -0.2) is 9.97 Å². The van der Waals surface area contributed by atoms with Crippen LogP contribution in [0.1, 0.15) is 0 Å². The van der Waals surface area contributed by atoms with Crippen LogP contribution in [0.15, 0.2) is 361 Å². The van der Waals surface area contributed by atoms with Gasteiger partial charge in [-0.15, -0.1) is 0 Å². The Balaban J connectivity index is 0.000000137. The molecule has 0 atom stereocenters. The molecule has 0 unspecified atom stereocenters. The van der Waals surface area contributed by atoms with Crippen LogP contribution in [-0.2, 0) is 0 Å². The summed E-state index contributed by atoms with van der Waals surface area (Å²) in [5, 5.41) is 19.1. The zero-order valence-corrected chi connectivity index (χ0v) is 53.2. The van der Waals surface area contributed by atoms with Crippen molar-refractivity contribution in [2.75, 3.05) is 0 Å². The van der Waals surface area contributed by atoms with Gasteiger partial charge in [-0.1, -0.05) is 291 Å². The van der Waals surface area contributed by atoms with E-state index in [1.807, 2.05) is 12.4 Å². The van der Waals surface area contributed by atoms with E-state index in [1.54, 1.807) is 0 Å². The predicted octanol–water partition coefficient (Wildman–Crippen LogP) is 26.2. The lowest BCUT2D eigenvalue weighted by molar-refractivity contribution is 0.669. The van der Waals surface area contributed by atoms with Gasteiger partial charge in [0, 0.05) is 56.2 Å². The number of pyridine rings is 2. The summed E-state index contributed by atoms with van der Waals surface area (Å²) < 4.78 is 12.6. The molecule has 4 nitrogen and oxygen atoms in total. The Labute approximate surface area is 565 Å². The number of fused-ring (bicyclic) bond motifs is 14. The third kappa shape index (κ3) is 9.52. The Morgan fingerprint density at radius 1 is 0.184 bits per heavy atom. The van der Waals surface area contributed by atoms with Gasteiger partial charge in [-0.2, -0.15) is 0 Å². The fourth-order valence-electron chi connectivity index (χ4n) is 15.3. The largest absolute Gasteiger partial charge is 0.456 e. The summed E-state index contributed by atoms with van der Waals surface area (Å²) in [7, 11) is 0. The Bertz CT molecular complexity index is 6370. The fraction of sp³-hybridized carbons (Fsp3) is 0. The Morgan fingerprint density at radius 3 is 0.980 bits per heavy atom. The lowest BCUT2D eigenvalue weighted by atomic mass is 9.86. The van der Waals surface area contributed by atoms with E-state index in [1.165, 1.54) is 120 Å². The number of rotatable bonds is 8. The molecule has 0 radical (unpaired) electrons. The first kappa shape index (κ1) is 56.5. The molecule has 20 rings (SSSR count). The fourth-order valence-corrected chi connectivity index (χ4v) is 15.3. The number of hydrogen-bond acceptors (Lipinski definition) is 4. The van der Waals surface area contributed by atoms with Crippen LogP contribution >= 0.6 is 0 Å². The Morgan fingerprint density at radius 2 is 0.520 bits per heavy atom. The predicted molar refractivity (Wildman–Crippen MR) is 412 cm³/mol. The van der Waals surface area contributed by atoms with Crippen LogP contribution in [0.2, 0.25) is 0 Å². The Hall–Kier alpha value is -13.0. The smallest absolute Gasteiger partial charge is 0.136 e. The molecule has 16 aromatic carbocycles. The molecule has 0 bridgehead atoms. The van der Waals surface area contributed by atoms with Crippen LogP contribution in [0.25, 0.3) is 198 Å². The summed E-state index contributed by atoms with van der Waals surface area (Å²) in [6, 6.07) is 121. The van der Waals surface area contributed by atoms with Crippen LogP contribution in [0.4, 0.5) is 0 Å². The number of benzene rings is 16. The monoisotopic (exact) mass is 1250 g/mol. The van der Waals surface area contributed by atoms with Crippen molar-refractivity contribution in [3.05, 3.63) is 352 Å². The van der Waals surface area contributed by atoms with E-state index in [-0.39, 0.29) is 0 Å². The van der Waals surface area contributed by atoms with E-state index in [4.69, 9.17) is 18.8 Å². The van der Waals surface area contributed by atoms with Crippen molar-refractivity contribution in [3.63, 3.8) is 0 Å². The minimum atomic E-state index is 0.874. The summed E-state index contributed by atoms with van der Waals surface area (Å²) >= 11 is 0. The first-order chi connectivity index (χ1) is 48.6. The standard InChI is InChI=1S/2C47H29NO/c1-2-11-30(12-3-1)31-21-23-33(24-22-31)44-36-15-6-8-17-38(36)45(39-18-9-7-16-37(39)44)34-25-27-41(48-29-34)40-19-10-20-42-47(40)46-35-14-5-4-13-32(35)26-28-43(46)49-42;1-2-10-30(11-3-1)31-18-20-33(21-19-31)45-37-14-6-8-16-39(37)46(40-17-9-7-15-38(40)45)35-22-25-42(48-29-35)34-24-26-43-41(28-34)47-36-13-5-4-12-32(36)23-27-44(47)49-43/h2*1-29H. The summed E-state index contributed by atoms with van der Waals surface area (Å²) in [6.07, 6.45) is 4.07. The van der Waals surface area contributed by atoms with Gasteiger partial charge < -0.3 is 8.83 Å². The lowest BCUT2D eigenvalue weighted by Crippen LogP contribution is -1.92. The molecule has 0 aliphatic heterocycles. The first-order valence-electron chi connectivity index (χ1n) is 33.4. The number of nitrogens with zero attached hydrogens (tertiary/aromatic N) is 2. The van der Waals surface area contributed by atoms with Gasteiger partial charge in [0.2, 0.25) is 0 Å². The van der Waals surface area contributed by atoms with Crippen molar-refractivity contribution in [2.45, 2.75) is 0 Å². The van der Waals surface area contributed by atoms with Gasteiger partial charge in [-0.25, -0.2) is 0 Å². The highest BCUT2D eigenvalue weighted by Gasteiger charge is 2.22. The molecule has 0 saturated heterocycles. The molecule has 4 heterocycles. The quantitative estimate of drug-likeness (QED) is 0.142. The molecule has 0 saturated carbocycles. The molecular formula is C94H58N2O2. The normalized spacial score (nSPS) is 11.7. The van der Waals surface area contributed by atoms with Gasteiger partial charge in [0.1, 0.15) is 22.3 Å². The van der Waals surface area contributed by atoms with Crippen molar-refractivity contribution < 1.29 is 8.83 Å². The maximum absolute atomic E-state index is 6.36. The molecule has 0 aliphatic rings. The molecule has 20 aromatic rings. The summed E-state index contributed by atoms with van der Waals surface area (Å²) in [4.78, 5) is 10.2. The Kier molecular flexibility index (Phi) is 13.5. The van der Waals surface area contributed by atoms with Gasteiger partial charge in [-0.3, -0.25) is 9.97 Å². The highest BCUT2D eigenvalue weighted by Crippen LogP contribution is 2.48. The molecule has 0 aliphatic carbocycles. The van der Waals surface area contributed by atoms with Crippen LogP contribution in [0.3, 0.4) is 0 Å². The summed E-state index contributed by atoms with van der Waals surface area (Å²) in [5.74, 6) is 0. The van der Waals surface area contributed by atoms with Crippen molar-refractivity contribution in [2.24, 2.45) is 0 Å². The number of aromatic nitrogens is 2. The molecule has 0 spiro atoms. The zero-order valence-electron chi connectivity index (χ0n) is 53.2. The SMILES string of the molecule is c1ccc(-c2ccc(-c3c4ccccc4c(-c4ccc(-c5ccc6oc7ccc8ccccc8c7c6c5)nc4)c4ccccc34)cc2)cc1.c1ccc(-c2ccc(-c3c4ccccc4c(-c4ccc(-c5cccc6oc7ccc8ccccc8c7c56)nc4)c4ccccc34)cc2)cc1. The maximum atomic E-state index is 6.36. The average Bonchev–Trinajstić information content (AvgIpc) is 0.974. The molecule has 0 N–H and O–H groups in total. The minimum absolute atomic E-state index is 0.874. The molecule has 4 aromatic heterocycles. The van der Waals surface area contributed by atoms with Gasteiger partial charge >= 0.3 is 0 Å². The molecule has 98 heavy (non-hydrogen) atoms. The van der Waals surface area contributed by atoms with Gasteiger partial charge in [-0.05, 0) is 169 Å². The zero-order chi connectivity index (χ0) is 64.6. The van der Waals surface area contributed by atoms with Gasteiger partial charge in [0.05, 0.1) is 11.4 Å². The lowest BCUT2D eigenvalue weighted by Gasteiger charge is -2.18. The van der Waals surface area contributed by atoms with Crippen molar-refractivity contribution >= 4 is 109 Å². The van der Waals surface area contributed by atoms with Gasteiger partial charge in [0.15, 0.2) is 0 Å². The van der Waals surface area contributed by atoms with Crippen LogP contribution < -0.4 is 0 Å². The third-order valence-electron chi connectivity index (χ3n) is 19.8. The van der Waals surface area contributed by atoms with Crippen LogP contribution in [0, 0.1) is 0 Å². The minimum Gasteiger partial charge on any atom is -0.456 e. The topological polar surface area (TPSA) is 52.1 Å². The van der Waals surface area contributed by atoms with Crippen molar-refractivity contribution in [3.8, 4) is 89.3 Å². The highest BCUT2D eigenvalue weighted by molar-refractivity contribution is 6.25. The second kappa shape index (κ2) is 23.5. The number of hydrogen-bond donors (Lipinski definition) is 0. The summed E-state index contributed by atoms with van der Waals surface area (Å²) in [5.41, 5.74) is 22.0. The second-order valence-electron chi connectivity index (χ2n) is 25.3. The maximum Gasteiger partial charge on any atom is 0.136 e. The average molecular weight is 1250 g/mol. The third-order valence-corrected chi connectivity index (χ3v) is 19.8.